The quantitative estimate of drug-likeness (QED) is 0.914. The van der Waals surface area contributed by atoms with Crippen LogP contribution in [-0.4, -0.2) is 28.0 Å². The van der Waals surface area contributed by atoms with Gasteiger partial charge in [-0.2, -0.15) is 5.10 Å². The zero-order chi connectivity index (χ0) is 13.4. The fraction of sp³-hybridized carbons (Fsp3) is 0.286. The van der Waals surface area contributed by atoms with Gasteiger partial charge in [-0.15, -0.1) is 0 Å². The number of carboxylic acid groups (broad SMARTS) is 1. The Labute approximate surface area is 110 Å². The van der Waals surface area contributed by atoms with E-state index < -0.39 is 5.97 Å². The first-order valence-corrected chi connectivity index (χ1v) is 6.18. The average molecular weight is 258 g/mol. The molecule has 19 heavy (non-hydrogen) atoms. The van der Waals surface area contributed by atoms with Crippen molar-refractivity contribution in [1.29, 1.82) is 0 Å². The van der Waals surface area contributed by atoms with E-state index in [1.54, 1.807) is 4.68 Å². The summed E-state index contributed by atoms with van der Waals surface area (Å²) in [7, 11) is 1.49. The highest BCUT2D eigenvalue weighted by Crippen LogP contribution is 2.46. The van der Waals surface area contributed by atoms with Gasteiger partial charge in [0.25, 0.3) is 0 Å². The summed E-state index contributed by atoms with van der Waals surface area (Å²) in [6.45, 7) is 0. The molecule has 5 nitrogen and oxygen atoms in total. The number of hydrogen-bond donors (Lipinski definition) is 1. The number of ether oxygens (including phenoxy) is 1. The summed E-state index contributed by atoms with van der Waals surface area (Å²) in [4.78, 5) is 11.3. The van der Waals surface area contributed by atoms with Crippen LogP contribution in [0, 0.1) is 0 Å². The van der Waals surface area contributed by atoms with Crippen molar-refractivity contribution >= 4 is 5.97 Å². The number of aromatic nitrogens is 2. The van der Waals surface area contributed by atoms with Crippen molar-refractivity contribution in [3.63, 3.8) is 0 Å². The molecule has 0 spiro atoms. The summed E-state index contributed by atoms with van der Waals surface area (Å²) in [5.41, 5.74) is 1.70. The Morgan fingerprint density at radius 1 is 1.37 bits per heavy atom. The molecule has 5 heteroatoms. The lowest BCUT2D eigenvalue weighted by Gasteiger charge is -2.07. The highest BCUT2D eigenvalue weighted by Gasteiger charge is 2.35. The smallest absolute Gasteiger partial charge is 0.360 e. The molecule has 1 aromatic heterocycles. The summed E-state index contributed by atoms with van der Waals surface area (Å²) >= 11 is 0. The molecule has 2 aromatic rings. The number of carboxylic acids is 1. The fourth-order valence-corrected chi connectivity index (χ4v) is 2.24. The Hall–Kier alpha value is -2.30. The number of rotatable bonds is 4. The van der Waals surface area contributed by atoms with Crippen molar-refractivity contribution in [3.05, 3.63) is 41.7 Å². The van der Waals surface area contributed by atoms with Gasteiger partial charge >= 0.3 is 5.97 Å². The molecule has 1 N–H and O–H groups in total. The molecule has 0 saturated heterocycles. The van der Waals surface area contributed by atoms with E-state index in [1.165, 1.54) is 7.11 Å². The lowest BCUT2D eigenvalue weighted by Crippen LogP contribution is -2.03. The van der Waals surface area contributed by atoms with Crippen LogP contribution in [0.5, 0.6) is 5.75 Å². The van der Waals surface area contributed by atoms with E-state index in [0.717, 1.165) is 24.2 Å². The van der Waals surface area contributed by atoms with Gasteiger partial charge in [0.05, 0.1) is 18.5 Å². The molecule has 0 radical (unpaired) electrons. The molecule has 0 aliphatic heterocycles. The minimum absolute atomic E-state index is 0.0201. The molecular weight excluding hydrogens is 244 g/mol. The predicted molar refractivity (Wildman–Crippen MR) is 69.1 cm³/mol. The van der Waals surface area contributed by atoms with Crippen molar-refractivity contribution in [2.45, 2.75) is 18.8 Å². The Bertz CT molecular complexity index is 615. The molecular formula is C14H14N2O3. The van der Waals surface area contributed by atoms with E-state index in [9.17, 15) is 9.90 Å². The zero-order valence-electron chi connectivity index (χ0n) is 10.5. The fourth-order valence-electron chi connectivity index (χ4n) is 2.24. The van der Waals surface area contributed by atoms with E-state index in [1.807, 2.05) is 30.3 Å². The summed E-state index contributed by atoms with van der Waals surface area (Å²) in [6.07, 6.45) is 2.10. The van der Waals surface area contributed by atoms with Crippen molar-refractivity contribution in [2.24, 2.45) is 0 Å². The van der Waals surface area contributed by atoms with Gasteiger partial charge in [-0.1, -0.05) is 18.2 Å². The first kappa shape index (κ1) is 11.8. The third-order valence-electron chi connectivity index (χ3n) is 3.25. The second-order valence-electron chi connectivity index (χ2n) is 4.59. The second kappa shape index (κ2) is 4.42. The maximum atomic E-state index is 11.3. The first-order chi connectivity index (χ1) is 9.22. The third kappa shape index (κ3) is 1.97. The van der Waals surface area contributed by atoms with Crippen LogP contribution in [0.1, 0.15) is 34.9 Å². The van der Waals surface area contributed by atoms with Gasteiger partial charge in [-0.25, -0.2) is 9.48 Å². The number of para-hydroxylation sites is 1. The topological polar surface area (TPSA) is 64.3 Å². The number of benzene rings is 1. The van der Waals surface area contributed by atoms with Crippen LogP contribution in [0.4, 0.5) is 0 Å². The molecule has 0 bridgehead atoms. The minimum atomic E-state index is -1.06. The van der Waals surface area contributed by atoms with Crippen LogP contribution in [-0.2, 0) is 0 Å². The highest BCUT2D eigenvalue weighted by molar-refractivity contribution is 5.89. The molecule has 98 valence electrons. The van der Waals surface area contributed by atoms with Gasteiger partial charge in [0.15, 0.2) is 5.75 Å². The van der Waals surface area contributed by atoms with E-state index in [-0.39, 0.29) is 5.69 Å². The molecule has 1 aliphatic rings. The zero-order valence-corrected chi connectivity index (χ0v) is 10.5. The molecule has 0 atom stereocenters. The van der Waals surface area contributed by atoms with Crippen LogP contribution >= 0.6 is 0 Å². The van der Waals surface area contributed by atoms with Crippen LogP contribution in [0.15, 0.2) is 30.3 Å². The van der Waals surface area contributed by atoms with Crippen LogP contribution in [0.3, 0.4) is 0 Å². The van der Waals surface area contributed by atoms with Gasteiger partial charge in [0, 0.05) is 5.92 Å². The van der Waals surface area contributed by atoms with Crippen molar-refractivity contribution in [1.82, 2.24) is 9.78 Å². The summed E-state index contributed by atoms with van der Waals surface area (Å²) in [5.74, 6) is -0.331. The molecule has 1 aromatic carbocycles. The summed E-state index contributed by atoms with van der Waals surface area (Å²) in [6, 6.07) is 9.54. The number of methoxy groups -OCH3 is 1. The number of aromatic carboxylic acids is 1. The Balaban J connectivity index is 2.21. The van der Waals surface area contributed by atoms with Crippen LogP contribution in [0.25, 0.3) is 5.69 Å². The standard InChI is InChI=1S/C14H14N2O3/c1-19-13-11(14(17)18)15-16(12(13)9-7-8-9)10-5-3-2-4-6-10/h2-6,9H,7-8H2,1H3,(H,17,18). The van der Waals surface area contributed by atoms with E-state index in [4.69, 9.17) is 4.74 Å². The van der Waals surface area contributed by atoms with Gasteiger partial charge in [-0.3, -0.25) is 0 Å². The van der Waals surface area contributed by atoms with Crippen molar-refractivity contribution < 1.29 is 14.6 Å². The van der Waals surface area contributed by atoms with Crippen LogP contribution < -0.4 is 4.74 Å². The highest BCUT2D eigenvalue weighted by atomic mass is 16.5. The lowest BCUT2D eigenvalue weighted by molar-refractivity contribution is 0.0686. The largest absolute Gasteiger partial charge is 0.492 e. The summed E-state index contributed by atoms with van der Waals surface area (Å²) in [5, 5.41) is 13.4. The van der Waals surface area contributed by atoms with Gasteiger partial charge in [0.1, 0.15) is 0 Å². The Kier molecular flexibility index (Phi) is 2.74. The SMILES string of the molecule is COc1c(C(=O)O)nn(-c2ccccc2)c1C1CC1. The molecule has 1 saturated carbocycles. The summed E-state index contributed by atoms with van der Waals surface area (Å²) < 4.78 is 6.97. The monoisotopic (exact) mass is 258 g/mol. The average Bonchev–Trinajstić information content (AvgIpc) is 3.19. The molecule has 1 aliphatic carbocycles. The number of nitrogens with zero attached hydrogens (tertiary/aromatic N) is 2. The van der Waals surface area contributed by atoms with Gasteiger partial charge in [-0.05, 0) is 25.0 Å². The number of carbonyl (C=O) groups is 1. The third-order valence-corrected chi connectivity index (χ3v) is 3.25. The lowest BCUT2D eigenvalue weighted by atomic mass is 10.2. The van der Waals surface area contributed by atoms with E-state index in [2.05, 4.69) is 5.10 Å². The van der Waals surface area contributed by atoms with E-state index >= 15 is 0 Å². The van der Waals surface area contributed by atoms with Crippen molar-refractivity contribution in [2.75, 3.05) is 7.11 Å². The first-order valence-electron chi connectivity index (χ1n) is 6.18. The van der Waals surface area contributed by atoms with Crippen molar-refractivity contribution in [3.8, 4) is 11.4 Å². The Morgan fingerprint density at radius 3 is 2.58 bits per heavy atom. The van der Waals surface area contributed by atoms with Crippen LogP contribution in [0.2, 0.25) is 0 Å². The minimum Gasteiger partial charge on any atom is -0.492 e. The molecule has 0 amide bonds. The van der Waals surface area contributed by atoms with E-state index in [0.29, 0.717) is 11.7 Å². The Morgan fingerprint density at radius 2 is 2.05 bits per heavy atom. The molecule has 3 rings (SSSR count). The molecule has 1 heterocycles. The second-order valence-corrected chi connectivity index (χ2v) is 4.59. The maximum absolute atomic E-state index is 11.3. The van der Waals surface area contributed by atoms with Gasteiger partial charge < -0.3 is 9.84 Å². The molecule has 0 unspecified atom stereocenters. The normalized spacial score (nSPS) is 14.4. The number of hydrogen-bond acceptors (Lipinski definition) is 3. The molecule has 1 fully saturated rings. The maximum Gasteiger partial charge on any atom is 0.360 e. The van der Waals surface area contributed by atoms with Gasteiger partial charge in [0.2, 0.25) is 5.69 Å². The predicted octanol–water partition coefficient (Wildman–Crippen LogP) is 2.46.